The third-order valence-electron chi connectivity index (χ3n) is 5.40. The van der Waals surface area contributed by atoms with Gasteiger partial charge in [-0.2, -0.15) is 0 Å². The first-order chi connectivity index (χ1) is 15.2. The first-order valence-corrected chi connectivity index (χ1v) is 11.7. The van der Waals surface area contributed by atoms with E-state index in [0.717, 1.165) is 32.3 Å². The summed E-state index contributed by atoms with van der Waals surface area (Å²) < 4.78 is 7.26. The Morgan fingerprint density at radius 3 is 2.77 bits per heavy atom. The standard InChI is InChI=1S/C24H27N3O3S/c28-22(25-16-19-11-7-15-30-19)17-31-24-26-21-13-5-4-12-20(21)23(29)27(24)14-6-10-18-8-2-1-3-9-18/h1-5,8-9,12-13,19H,6-7,10-11,14-17H2,(H,25,28). The van der Waals surface area contributed by atoms with Gasteiger partial charge in [0.2, 0.25) is 5.91 Å². The second-order valence-electron chi connectivity index (χ2n) is 7.69. The Hall–Kier alpha value is -2.64. The minimum atomic E-state index is -0.0706. The average Bonchev–Trinajstić information content (AvgIpc) is 3.32. The lowest BCUT2D eigenvalue weighted by atomic mass is 10.1. The minimum absolute atomic E-state index is 0.0547. The monoisotopic (exact) mass is 437 g/mol. The van der Waals surface area contributed by atoms with Crippen LogP contribution in [0, 0.1) is 0 Å². The van der Waals surface area contributed by atoms with Gasteiger partial charge in [0.25, 0.3) is 5.56 Å². The highest BCUT2D eigenvalue weighted by molar-refractivity contribution is 7.99. The molecule has 1 fully saturated rings. The lowest BCUT2D eigenvalue weighted by molar-refractivity contribution is -0.119. The topological polar surface area (TPSA) is 73.2 Å². The molecule has 0 spiro atoms. The number of benzene rings is 2. The van der Waals surface area contributed by atoms with Crippen molar-refractivity contribution >= 4 is 28.6 Å². The molecule has 1 aliphatic heterocycles. The van der Waals surface area contributed by atoms with Crippen molar-refractivity contribution in [3.8, 4) is 0 Å². The number of para-hydroxylation sites is 1. The first kappa shape index (κ1) is 21.6. The van der Waals surface area contributed by atoms with E-state index in [0.29, 0.717) is 29.1 Å². The molecular weight excluding hydrogens is 410 g/mol. The van der Waals surface area contributed by atoms with Gasteiger partial charge in [0.15, 0.2) is 5.16 Å². The third-order valence-corrected chi connectivity index (χ3v) is 6.38. The number of rotatable bonds is 9. The molecule has 3 aromatic rings. The maximum absolute atomic E-state index is 13.1. The van der Waals surface area contributed by atoms with E-state index in [4.69, 9.17) is 9.72 Å². The molecule has 1 atom stereocenters. The number of carbonyl (C=O) groups is 1. The van der Waals surface area contributed by atoms with Crippen molar-refractivity contribution in [2.75, 3.05) is 18.9 Å². The lowest BCUT2D eigenvalue weighted by Crippen LogP contribution is -2.33. The highest BCUT2D eigenvalue weighted by Gasteiger charge is 2.17. The molecule has 2 heterocycles. The van der Waals surface area contributed by atoms with Gasteiger partial charge in [-0.3, -0.25) is 14.2 Å². The number of amides is 1. The molecule has 162 valence electrons. The maximum atomic E-state index is 13.1. The maximum Gasteiger partial charge on any atom is 0.262 e. The number of nitrogens with zero attached hydrogens (tertiary/aromatic N) is 2. The molecule has 1 amide bonds. The Labute approximate surface area is 186 Å². The highest BCUT2D eigenvalue weighted by atomic mass is 32.2. The predicted molar refractivity (Wildman–Crippen MR) is 123 cm³/mol. The largest absolute Gasteiger partial charge is 0.376 e. The van der Waals surface area contributed by atoms with Crippen molar-refractivity contribution in [1.82, 2.24) is 14.9 Å². The number of ether oxygens (including phenoxy) is 1. The van der Waals surface area contributed by atoms with Crippen molar-refractivity contribution in [3.05, 3.63) is 70.5 Å². The van der Waals surface area contributed by atoms with Crippen LogP contribution >= 0.6 is 11.8 Å². The Balaban J connectivity index is 1.45. The van der Waals surface area contributed by atoms with E-state index in [-0.39, 0.29) is 23.3 Å². The smallest absolute Gasteiger partial charge is 0.262 e. The molecule has 1 aromatic heterocycles. The summed E-state index contributed by atoms with van der Waals surface area (Å²) in [5.41, 5.74) is 1.85. The molecule has 4 rings (SSSR count). The van der Waals surface area contributed by atoms with E-state index in [9.17, 15) is 9.59 Å². The van der Waals surface area contributed by atoms with Crippen LogP contribution in [-0.2, 0) is 22.5 Å². The summed E-state index contributed by atoms with van der Waals surface area (Å²) in [4.78, 5) is 30.2. The number of hydrogen-bond donors (Lipinski definition) is 1. The van der Waals surface area contributed by atoms with E-state index in [2.05, 4.69) is 17.4 Å². The number of aromatic nitrogens is 2. The minimum Gasteiger partial charge on any atom is -0.376 e. The molecule has 0 bridgehead atoms. The summed E-state index contributed by atoms with van der Waals surface area (Å²) in [6.45, 7) is 1.87. The summed E-state index contributed by atoms with van der Waals surface area (Å²) in [6, 6.07) is 17.6. The third kappa shape index (κ3) is 5.74. The fourth-order valence-corrected chi connectivity index (χ4v) is 4.61. The normalized spacial score (nSPS) is 15.9. The molecule has 2 aromatic carbocycles. The van der Waals surface area contributed by atoms with Crippen molar-refractivity contribution in [1.29, 1.82) is 0 Å². The van der Waals surface area contributed by atoms with E-state index in [1.165, 1.54) is 17.3 Å². The molecule has 0 aliphatic carbocycles. The molecule has 1 unspecified atom stereocenters. The number of nitrogens with one attached hydrogen (secondary N) is 1. The second-order valence-corrected chi connectivity index (χ2v) is 8.63. The molecule has 7 heteroatoms. The van der Waals surface area contributed by atoms with Crippen molar-refractivity contribution in [2.45, 2.75) is 43.5 Å². The fourth-order valence-electron chi connectivity index (χ4n) is 3.76. The Bertz CT molecular complexity index is 1080. The van der Waals surface area contributed by atoms with E-state index < -0.39 is 0 Å². The summed E-state index contributed by atoms with van der Waals surface area (Å²) in [6.07, 6.45) is 3.85. The van der Waals surface area contributed by atoms with Crippen LogP contribution < -0.4 is 10.9 Å². The van der Waals surface area contributed by atoms with Crippen molar-refractivity contribution < 1.29 is 9.53 Å². The molecule has 0 radical (unpaired) electrons. The Morgan fingerprint density at radius 1 is 1.16 bits per heavy atom. The highest BCUT2D eigenvalue weighted by Crippen LogP contribution is 2.19. The quantitative estimate of drug-likeness (QED) is 0.410. The second kappa shape index (κ2) is 10.6. The van der Waals surface area contributed by atoms with Gasteiger partial charge in [-0.05, 0) is 43.4 Å². The van der Waals surface area contributed by atoms with Gasteiger partial charge in [0, 0.05) is 19.7 Å². The lowest BCUT2D eigenvalue weighted by Gasteiger charge is -2.14. The molecule has 31 heavy (non-hydrogen) atoms. The van der Waals surface area contributed by atoms with Gasteiger partial charge in [-0.1, -0.05) is 54.2 Å². The van der Waals surface area contributed by atoms with Crippen molar-refractivity contribution in [3.63, 3.8) is 0 Å². The number of aryl methyl sites for hydroxylation is 1. The summed E-state index contributed by atoms with van der Waals surface area (Å²) in [7, 11) is 0. The number of fused-ring (bicyclic) bond motifs is 1. The van der Waals surface area contributed by atoms with E-state index in [1.54, 1.807) is 10.6 Å². The van der Waals surface area contributed by atoms with E-state index in [1.807, 2.05) is 36.4 Å². The first-order valence-electron chi connectivity index (χ1n) is 10.8. The summed E-state index contributed by atoms with van der Waals surface area (Å²) in [5.74, 6) is 0.148. The number of thioether (sulfide) groups is 1. The number of carbonyl (C=O) groups excluding carboxylic acids is 1. The van der Waals surface area contributed by atoms with Crippen LogP contribution in [0.4, 0.5) is 0 Å². The van der Waals surface area contributed by atoms with Gasteiger partial charge in [0.05, 0.1) is 22.8 Å². The van der Waals surface area contributed by atoms with Crippen LogP contribution in [0.15, 0.2) is 64.5 Å². The van der Waals surface area contributed by atoms with Crippen LogP contribution in [0.3, 0.4) is 0 Å². The van der Waals surface area contributed by atoms with Crippen LogP contribution in [0.25, 0.3) is 10.9 Å². The van der Waals surface area contributed by atoms with Crippen LogP contribution in [0.2, 0.25) is 0 Å². The molecule has 6 nitrogen and oxygen atoms in total. The Kier molecular flexibility index (Phi) is 7.38. The zero-order valence-corrected chi connectivity index (χ0v) is 18.3. The zero-order valence-electron chi connectivity index (χ0n) is 17.5. The summed E-state index contributed by atoms with van der Waals surface area (Å²) in [5, 5.41) is 4.12. The fraction of sp³-hybridized carbons (Fsp3) is 0.375. The van der Waals surface area contributed by atoms with Gasteiger partial charge in [0.1, 0.15) is 0 Å². The Morgan fingerprint density at radius 2 is 1.97 bits per heavy atom. The molecule has 1 saturated heterocycles. The van der Waals surface area contributed by atoms with Gasteiger partial charge >= 0.3 is 0 Å². The van der Waals surface area contributed by atoms with E-state index >= 15 is 0 Å². The molecule has 0 saturated carbocycles. The predicted octanol–water partition coefficient (Wildman–Crippen LogP) is 3.42. The van der Waals surface area contributed by atoms with Crippen LogP contribution in [0.5, 0.6) is 0 Å². The van der Waals surface area contributed by atoms with Gasteiger partial charge in [-0.15, -0.1) is 0 Å². The SMILES string of the molecule is O=C(CSc1nc2ccccc2c(=O)n1CCCc1ccccc1)NCC1CCCO1. The van der Waals surface area contributed by atoms with Gasteiger partial charge in [-0.25, -0.2) is 4.98 Å². The molecular formula is C24H27N3O3S. The molecule has 1 aliphatic rings. The summed E-state index contributed by atoms with van der Waals surface area (Å²) >= 11 is 1.31. The van der Waals surface area contributed by atoms with Crippen molar-refractivity contribution in [2.24, 2.45) is 0 Å². The average molecular weight is 438 g/mol. The van der Waals surface area contributed by atoms with Crippen LogP contribution in [0.1, 0.15) is 24.8 Å². The van der Waals surface area contributed by atoms with Gasteiger partial charge < -0.3 is 10.1 Å². The number of hydrogen-bond acceptors (Lipinski definition) is 5. The van der Waals surface area contributed by atoms with Crippen LogP contribution in [-0.4, -0.2) is 40.5 Å². The molecule has 1 N–H and O–H groups in total. The zero-order chi connectivity index (χ0) is 21.5.